The molecule has 0 radical (unpaired) electrons. The largest absolute Gasteiger partial charge is 0.494 e. The Morgan fingerprint density at radius 2 is 1.31 bits per heavy atom. The van der Waals surface area contributed by atoms with E-state index in [2.05, 4.69) is 5.32 Å². The summed E-state index contributed by atoms with van der Waals surface area (Å²) in [4.78, 5) is 26.0. The predicted molar refractivity (Wildman–Crippen MR) is 140 cm³/mol. The summed E-state index contributed by atoms with van der Waals surface area (Å²) < 4.78 is 16.5. The number of carbonyl (C=O) groups excluding carboxylic acids is 2. The molecule has 0 fully saturated rings. The molecule has 0 saturated heterocycles. The topological polar surface area (TPSA) is 73.9 Å². The maximum absolute atomic E-state index is 13.2. The number of hydrogen-bond donors (Lipinski definition) is 1. The van der Waals surface area contributed by atoms with Gasteiger partial charge >= 0.3 is 11.9 Å². The molecule has 0 saturated carbocycles. The average molecular weight is 490 g/mol. The molecular formula is C30H35NO5. The summed E-state index contributed by atoms with van der Waals surface area (Å²) >= 11 is 0. The van der Waals surface area contributed by atoms with E-state index in [1.807, 2.05) is 91.9 Å². The molecule has 190 valence electrons. The molecular weight excluding hydrogens is 454 g/mol. The number of esters is 2. The monoisotopic (exact) mass is 489 g/mol. The van der Waals surface area contributed by atoms with E-state index in [0.29, 0.717) is 25.9 Å². The van der Waals surface area contributed by atoms with Crippen molar-refractivity contribution in [1.29, 1.82) is 0 Å². The molecule has 0 aliphatic rings. The summed E-state index contributed by atoms with van der Waals surface area (Å²) in [5.74, 6) is -0.0209. The Morgan fingerprint density at radius 3 is 1.92 bits per heavy atom. The molecule has 3 aromatic rings. The van der Waals surface area contributed by atoms with Crippen LogP contribution in [0.15, 0.2) is 84.9 Å². The molecule has 0 aromatic heterocycles. The maximum Gasteiger partial charge on any atom is 0.323 e. The molecule has 0 aliphatic heterocycles. The van der Waals surface area contributed by atoms with Gasteiger partial charge in [0, 0.05) is 0 Å². The fraction of sp³-hybridized carbons (Fsp3) is 0.333. The minimum Gasteiger partial charge on any atom is -0.494 e. The lowest BCUT2D eigenvalue weighted by atomic mass is 10.0. The Hall–Kier alpha value is -3.64. The lowest BCUT2D eigenvalue weighted by Crippen LogP contribution is -2.49. The van der Waals surface area contributed by atoms with Crippen LogP contribution < -0.4 is 10.1 Å². The minimum atomic E-state index is -0.725. The third-order valence-electron chi connectivity index (χ3n) is 5.72. The molecule has 0 heterocycles. The minimum absolute atomic E-state index is 0.162. The van der Waals surface area contributed by atoms with Crippen LogP contribution in [0.1, 0.15) is 37.0 Å². The summed E-state index contributed by atoms with van der Waals surface area (Å²) in [6, 6.07) is 25.7. The van der Waals surface area contributed by atoms with Crippen molar-refractivity contribution in [2.24, 2.45) is 0 Å². The number of aryl methyl sites for hydroxylation is 1. The first-order valence-electron chi connectivity index (χ1n) is 12.5. The Morgan fingerprint density at radius 1 is 0.694 bits per heavy atom. The van der Waals surface area contributed by atoms with E-state index in [-0.39, 0.29) is 19.2 Å². The SMILES string of the molecule is CCOC(=O)[C@@H](CCc1ccccc1)N[C@@H](Cc1ccc(OCC)cc1)C(=O)OCc1ccccc1. The van der Waals surface area contributed by atoms with Gasteiger partial charge in [-0.05, 0) is 61.9 Å². The van der Waals surface area contributed by atoms with Crippen molar-refractivity contribution >= 4 is 11.9 Å². The van der Waals surface area contributed by atoms with Crippen LogP contribution in [0.25, 0.3) is 0 Å². The first-order chi connectivity index (χ1) is 17.6. The second-order valence-electron chi connectivity index (χ2n) is 8.42. The van der Waals surface area contributed by atoms with Gasteiger partial charge in [0.15, 0.2) is 0 Å². The fourth-order valence-corrected chi connectivity index (χ4v) is 3.87. The van der Waals surface area contributed by atoms with E-state index in [0.717, 1.165) is 22.4 Å². The normalized spacial score (nSPS) is 12.4. The van der Waals surface area contributed by atoms with Crippen molar-refractivity contribution in [2.45, 2.75) is 51.8 Å². The van der Waals surface area contributed by atoms with Crippen LogP contribution in [0, 0.1) is 0 Å². The fourth-order valence-electron chi connectivity index (χ4n) is 3.87. The van der Waals surface area contributed by atoms with E-state index in [9.17, 15) is 9.59 Å². The molecule has 3 rings (SSSR count). The average Bonchev–Trinajstić information content (AvgIpc) is 2.91. The quantitative estimate of drug-likeness (QED) is 0.325. The molecule has 0 bridgehead atoms. The van der Waals surface area contributed by atoms with Gasteiger partial charge in [-0.15, -0.1) is 0 Å². The highest BCUT2D eigenvalue weighted by atomic mass is 16.5. The number of ether oxygens (including phenoxy) is 3. The number of benzene rings is 3. The van der Waals surface area contributed by atoms with Gasteiger partial charge in [0.25, 0.3) is 0 Å². The Labute approximate surface area is 213 Å². The summed E-state index contributed by atoms with van der Waals surface area (Å²) in [7, 11) is 0. The summed E-state index contributed by atoms with van der Waals surface area (Å²) in [5.41, 5.74) is 2.94. The van der Waals surface area contributed by atoms with Gasteiger partial charge in [0.1, 0.15) is 24.4 Å². The van der Waals surface area contributed by atoms with Crippen LogP contribution in [-0.4, -0.2) is 37.2 Å². The van der Waals surface area contributed by atoms with Crippen molar-refractivity contribution in [3.8, 4) is 5.75 Å². The van der Waals surface area contributed by atoms with Gasteiger partial charge < -0.3 is 14.2 Å². The third kappa shape index (κ3) is 8.86. The summed E-state index contributed by atoms with van der Waals surface area (Å²) in [5, 5.41) is 3.25. The second kappa shape index (κ2) is 14.7. The summed E-state index contributed by atoms with van der Waals surface area (Å²) in [6.45, 7) is 4.72. The molecule has 2 atom stereocenters. The van der Waals surface area contributed by atoms with Crippen LogP contribution in [0.2, 0.25) is 0 Å². The Bertz CT molecular complexity index is 1050. The predicted octanol–water partition coefficient (Wildman–Crippen LogP) is 4.89. The van der Waals surface area contributed by atoms with Crippen LogP contribution in [0.3, 0.4) is 0 Å². The molecule has 6 heteroatoms. The number of carbonyl (C=O) groups is 2. The third-order valence-corrected chi connectivity index (χ3v) is 5.72. The zero-order valence-corrected chi connectivity index (χ0v) is 21.0. The summed E-state index contributed by atoms with van der Waals surface area (Å²) in [6.07, 6.45) is 1.53. The molecule has 36 heavy (non-hydrogen) atoms. The number of hydrogen-bond acceptors (Lipinski definition) is 6. The van der Waals surface area contributed by atoms with Gasteiger partial charge in [-0.25, -0.2) is 0 Å². The Balaban J connectivity index is 1.75. The first-order valence-corrected chi connectivity index (χ1v) is 12.5. The maximum atomic E-state index is 13.2. The van der Waals surface area contributed by atoms with E-state index in [1.165, 1.54) is 0 Å². The molecule has 1 N–H and O–H groups in total. The molecule has 0 amide bonds. The van der Waals surface area contributed by atoms with Crippen molar-refractivity contribution in [2.75, 3.05) is 13.2 Å². The molecule has 0 spiro atoms. The van der Waals surface area contributed by atoms with E-state index < -0.39 is 18.1 Å². The van der Waals surface area contributed by atoms with E-state index in [4.69, 9.17) is 14.2 Å². The lowest BCUT2D eigenvalue weighted by molar-refractivity contribution is -0.150. The number of rotatable bonds is 14. The van der Waals surface area contributed by atoms with E-state index in [1.54, 1.807) is 6.92 Å². The molecule has 3 aromatic carbocycles. The van der Waals surface area contributed by atoms with Gasteiger partial charge in [-0.3, -0.25) is 14.9 Å². The van der Waals surface area contributed by atoms with Crippen molar-refractivity contribution in [3.63, 3.8) is 0 Å². The smallest absolute Gasteiger partial charge is 0.323 e. The number of nitrogens with one attached hydrogen (secondary N) is 1. The second-order valence-corrected chi connectivity index (χ2v) is 8.42. The Kier molecular flexibility index (Phi) is 11.0. The first kappa shape index (κ1) is 27.0. The zero-order chi connectivity index (χ0) is 25.6. The molecule has 0 aliphatic carbocycles. The van der Waals surface area contributed by atoms with Gasteiger partial charge in [0.05, 0.1) is 13.2 Å². The van der Waals surface area contributed by atoms with Crippen molar-refractivity contribution in [3.05, 3.63) is 102 Å². The highest BCUT2D eigenvalue weighted by Gasteiger charge is 2.28. The molecule has 0 unspecified atom stereocenters. The highest BCUT2D eigenvalue weighted by Crippen LogP contribution is 2.16. The van der Waals surface area contributed by atoms with Gasteiger partial charge in [0.2, 0.25) is 0 Å². The highest BCUT2D eigenvalue weighted by molar-refractivity contribution is 5.80. The van der Waals surface area contributed by atoms with Crippen molar-refractivity contribution < 1.29 is 23.8 Å². The van der Waals surface area contributed by atoms with Crippen LogP contribution >= 0.6 is 0 Å². The lowest BCUT2D eigenvalue weighted by Gasteiger charge is -2.24. The van der Waals surface area contributed by atoms with Crippen LogP contribution in [-0.2, 0) is 38.5 Å². The zero-order valence-electron chi connectivity index (χ0n) is 21.0. The van der Waals surface area contributed by atoms with Crippen LogP contribution in [0.5, 0.6) is 5.75 Å². The van der Waals surface area contributed by atoms with Crippen LogP contribution in [0.4, 0.5) is 0 Å². The molecule has 6 nitrogen and oxygen atoms in total. The van der Waals surface area contributed by atoms with Gasteiger partial charge in [-0.2, -0.15) is 0 Å². The van der Waals surface area contributed by atoms with E-state index >= 15 is 0 Å². The van der Waals surface area contributed by atoms with Gasteiger partial charge in [-0.1, -0.05) is 72.8 Å². The van der Waals surface area contributed by atoms with Crippen molar-refractivity contribution in [1.82, 2.24) is 5.32 Å². The standard InChI is InChI=1S/C30H35NO5/c1-3-34-26-18-15-24(16-19-26)21-28(30(33)36-22-25-13-9-6-10-14-25)31-27(29(32)35-4-2)20-17-23-11-7-5-8-12-23/h5-16,18-19,27-28,31H,3-4,17,20-22H2,1-2H3/t27-,28+/m1/s1.